The minimum atomic E-state index is -0.474. The Balaban J connectivity index is 0.000000194. The van der Waals surface area contributed by atoms with Crippen molar-refractivity contribution in [3.05, 3.63) is 207 Å². The number of aromatic nitrogens is 3. The van der Waals surface area contributed by atoms with Crippen molar-refractivity contribution < 1.29 is 28.2 Å². The largest absolute Gasteiger partial charge is 0.497 e. The number of ether oxygens (including phenoxy) is 3. The molecule has 3 aromatic heterocycles. The van der Waals surface area contributed by atoms with Gasteiger partial charge in [-0.1, -0.05) is 134 Å². The standard InChI is InChI=1S/C18H26N2O2.C13H15NO.C13H17N.C13H16.C11H16O2.C9H11F/c1-12(2)15-11-20(6)16-9-13(7-8-14(15)16)10-19-17(21)22-18(3,4)5;1-9(2)14-8-12(10(3)15)11-6-4-5-7-13(11)14;1-9(2)14-6-5-12-7-10(3)11(4)8-13(12)14;1-9(2)13-10(3)8-11-6-4-5-7-12(11)13;1-8(2)10-6-5-9(12-3)7-11(10)13-4;1-7(2)8-3-5-9(10)6-4-8/h7-9,11-12H,10H2,1-6H3,(H,19,21);4-9H,1-3H3;5-9H,1-4H3;4-7,9H,8H2,1-3H3;5-8H,1-4H3;3-7H,1-2H3. The molecule has 0 fully saturated rings. The number of hydrogen-bond donors (Lipinski definition) is 1. The topological polar surface area (TPSA) is 88.7 Å². The van der Waals surface area contributed by atoms with Crippen molar-refractivity contribution in [3.63, 3.8) is 0 Å². The first kappa shape index (κ1) is 69.9. The number of carbonyl (C=O) groups excluding carboxylic acids is 2. The maximum atomic E-state index is 12.4. The molecule has 10 rings (SSSR count). The van der Waals surface area contributed by atoms with Gasteiger partial charge in [-0.25, -0.2) is 9.18 Å². The summed E-state index contributed by atoms with van der Waals surface area (Å²) in [5.41, 5.74) is 17.7. The number of methoxy groups -OCH3 is 2. The van der Waals surface area contributed by atoms with Gasteiger partial charge in [0.1, 0.15) is 22.9 Å². The minimum absolute atomic E-state index is 0.130. The second-order valence-corrected chi connectivity index (χ2v) is 25.6. The number of allylic oxidation sites excluding steroid dienone is 2. The summed E-state index contributed by atoms with van der Waals surface area (Å²) < 4.78 is 34.6. The minimum Gasteiger partial charge on any atom is -0.497 e. The first-order chi connectivity index (χ1) is 41.0. The van der Waals surface area contributed by atoms with Crippen molar-refractivity contribution in [2.75, 3.05) is 14.2 Å². The number of rotatable bonds is 11. The van der Waals surface area contributed by atoms with Crippen molar-refractivity contribution in [1.29, 1.82) is 0 Å². The molecule has 0 unspecified atom stereocenters. The number of benzene rings is 6. The van der Waals surface area contributed by atoms with Gasteiger partial charge in [-0.3, -0.25) is 4.79 Å². The second-order valence-electron chi connectivity index (χ2n) is 25.6. The Morgan fingerprint density at radius 2 is 1.23 bits per heavy atom. The fourth-order valence-corrected chi connectivity index (χ4v) is 10.8. The van der Waals surface area contributed by atoms with Crippen LogP contribution in [0.15, 0.2) is 152 Å². The van der Waals surface area contributed by atoms with Crippen molar-refractivity contribution in [2.24, 2.45) is 13.0 Å². The van der Waals surface area contributed by atoms with E-state index in [-0.39, 0.29) is 17.7 Å². The second kappa shape index (κ2) is 31.7. The van der Waals surface area contributed by atoms with E-state index < -0.39 is 5.60 Å². The summed E-state index contributed by atoms with van der Waals surface area (Å²) in [6, 6.07) is 43.3. The van der Waals surface area contributed by atoms with Gasteiger partial charge >= 0.3 is 6.09 Å². The third-order valence-corrected chi connectivity index (χ3v) is 15.5. The van der Waals surface area contributed by atoms with Crippen molar-refractivity contribution in [2.45, 2.75) is 180 Å². The molecule has 0 saturated heterocycles. The van der Waals surface area contributed by atoms with Gasteiger partial charge in [0.2, 0.25) is 0 Å². The number of nitrogens with zero attached hydrogens (tertiary/aromatic N) is 3. The van der Waals surface area contributed by atoms with Crippen molar-refractivity contribution >= 4 is 50.2 Å². The highest BCUT2D eigenvalue weighted by molar-refractivity contribution is 6.07. The highest BCUT2D eigenvalue weighted by Gasteiger charge is 2.21. The number of nitrogens with one attached hydrogen (secondary N) is 1. The van der Waals surface area contributed by atoms with Crippen LogP contribution in [0.4, 0.5) is 9.18 Å². The third kappa shape index (κ3) is 19.3. The zero-order valence-corrected chi connectivity index (χ0v) is 56.5. The van der Waals surface area contributed by atoms with Gasteiger partial charge in [0.25, 0.3) is 0 Å². The van der Waals surface area contributed by atoms with Crippen LogP contribution >= 0.6 is 0 Å². The predicted octanol–water partition coefficient (Wildman–Crippen LogP) is 21.0. The quantitative estimate of drug-likeness (QED) is 0.130. The summed E-state index contributed by atoms with van der Waals surface area (Å²) in [5, 5.41) is 6.48. The Bertz CT molecular complexity index is 3730. The van der Waals surface area contributed by atoms with Gasteiger partial charge in [-0.05, 0) is 210 Å². The third-order valence-electron chi connectivity index (χ3n) is 15.5. The van der Waals surface area contributed by atoms with Crippen LogP contribution in [0, 0.1) is 25.6 Å². The molecule has 6 aromatic carbocycles. The van der Waals surface area contributed by atoms with E-state index in [0.29, 0.717) is 42.3 Å². The molecule has 1 N–H and O–H groups in total. The van der Waals surface area contributed by atoms with Gasteiger partial charge in [0.15, 0.2) is 5.78 Å². The number of fused-ring (bicyclic) bond motifs is 4. The highest BCUT2D eigenvalue weighted by atomic mass is 19.1. The molecule has 1 amide bonds. The molecule has 1 aliphatic rings. The Kier molecular flexibility index (Phi) is 25.5. The van der Waals surface area contributed by atoms with E-state index in [2.05, 4.69) is 209 Å². The Morgan fingerprint density at radius 3 is 1.80 bits per heavy atom. The van der Waals surface area contributed by atoms with E-state index in [0.717, 1.165) is 39.9 Å². The summed E-state index contributed by atoms with van der Waals surface area (Å²) in [6.07, 6.45) is 7.08. The molecule has 1 aliphatic carbocycles. The lowest BCUT2D eigenvalue weighted by atomic mass is 9.95. The molecule has 9 aromatic rings. The number of para-hydroxylation sites is 1. The molecule has 0 atom stereocenters. The van der Waals surface area contributed by atoms with Crippen LogP contribution in [-0.2, 0) is 24.8 Å². The van der Waals surface area contributed by atoms with Crippen molar-refractivity contribution in [1.82, 2.24) is 19.0 Å². The van der Waals surface area contributed by atoms with Gasteiger partial charge in [0, 0.05) is 83.2 Å². The summed E-state index contributed by atoms with van der Waals surface area (Å²) in [6.45, 7) is 40.4. The molecule has 0 radical (unpaired) electrons. The molecule has 9 nitrogen and oxygen atoms in total. The van der Waals surface area contributed by atoms with Crippen LogP contribution < -0.4 is 14.8 Å². The smallest absolute Gasteiger partial charge is 0.407 e. The number of carbonyl (C=O) groups is 2. The number of Topliss-reactive ketones (excluding diaryl/α,β-unsaturated/α-hetero) is 1. The maximum absolute atomic E-state index is 12.4. The van der Waals surface area contributed by atoms with Gasteiger partial charge < -0.3 is 33.2 Å². The fraction of sp³-hybridized carbons (Fsp3) is 0.403. The lowest BCUT2D eigenvalue weighted by Crippen LogP contribution is -2.32. The van der Waals surface area contributed by atoms with Gasteiger partial charge in [-0.15, -0.1) is 0 Å². The zero-order valence-electron chi connectivity index (χ0n) is 56.5. The first-order valence-corrected chi connectivity index (χ1v) is 30.9. The fourth-order valence-electron chi connectivity index (χ4n) is 10.8. The summed E-state index contributed by atoms with van der Waals surface area (Å²) in [7, 11) is 5.39. The molecule has 10 heteroatoms. The molecule has 0 bridgehead atoms. The summed E-state index contributed by atoms with van der Waals surface area (Å²) >= 11 is 0. The molecular weight excluding hydrogens is 1080 g/mol. The molecule has 466 valence electrons. The van der Waals surface area contributed by atoms with E-state index in [4.69, 9.17) is 14.2 Å². The molecule has 0 spiro atoms. The normalized spacial score (nSPS) is 11.8. The van der Waals surface area contributed by atoms with Crippen LogP contribution in [0.25, 0.3) is 38.3 Å². The monoisotopic (exact) mass is 1180 g/mol. The first-order valence-electron chi connectivity index (χ1n) is 30.9. The van der Waals surface area contributed by atoms with E-state index in [1.54, 1.807) is 32.3 Å². The van der Waals surface area contributed by atoms with Crippen LogP contribution in [-0.4, -0.2) is 45.4 Å². The van der Waals surface area contributed by atoms with Gasteiger partial charge in [0.05, 0.1) is 14.2 Å². The molecule has 3 heterocycles. The average Bonchev–Trinajstić information content (AvgIpc) is 3.32. The highest BCUT2D eigenvalue weighted by Crippen LogP contribution is 2.37. The van der Waals surface area contributed by atoms with Crippen LogP contribution in [0.3, 0.4) is 0 Å². The zero-order chi connectivity index (χ0) is 64.6. The SMILES string of the molecule is CC(=O)c1cn(C(C)C)c2ccccc12.CC(C)c1ccc(F)cc1.CC(C)c1cn(C)c2cc(CNC(=O)OC(C)(C)C)ccc12.CC1=C(C(C)C)c2ccccc2C1.COc1ccc(C(C)C)c(OC)c1.Cc1cc2ccn(C(C)C)c2cc1C. The van der Waals surface area contributed by atoms with E-state index in [1.165, 1.54) is 72.9 Å². The summed E-state index contributed by atoms with van der Waals surface area (Å²) in [5.74, 6) is 3.81. The number of hydrogen-bond acceptors (Lipinski definition) is 5. The lowest BCUT2D eigenvalue weighted by molar-refractivity contribution is 0.0523. The molecule has 87 heavy (non-hydrogen) atoms. The summed E-state index contributed by atoms with van der Waals surface area (Å²) in [4.78, 5) is 23.2. The number of alkyl carbamates (subject to hydrolysis) is 1. The predicted molar refractivity (Wildman–Crippen MR) is 366 cm³/mol. The number of halogens is 1. The average molecular weight is 1180 g/mol. The lowest BCUT2D eigenvalue weighted by Gasteiger charge is -2.19. The van der Waals surface area contributed by atoms with E-state index in [9.17, 15) is 14.0 Å². The maximum Gasteiger partial charge on any atom is 0.407 e. The van der Waals surface area contributed by atoms with Crippen LogP contribution in [0.1, 0.15) is 202 Å². The molecule has 0 aliphatic heterocycles. The van der Waals surface area contributed by atoms with E-state index in [1.807, 2.05) is 75.5 Å². The number of amides is 1. The Labute approximate surface area is 521 Å². The van der Waals surface area contributed by atoms with Crippen LogP contribution in [0.2, 0.25) is 0 Å². The number of ketones is 1. The van der Waals surface area contributed by atoms with Crippen molar-refractivity contribution in [3.8, 4) is 11.5 Å². The van der Waals surface area contributed by atoms with Crippen LogP contribution in [0.5, 0.6) is 11.5 Å². The van der Waals surface area contributed by atoms with E-state index >= 15 is 0 Å². The number of aryl methyl sites for hydroxylation is 3. The Morgan fingerprint density at radius 1 is 0.609 bits per heavy atom. The van der Waals surface area contributed by atoms with Gasteiger partial charge in [-0.2, -0.15) is 0 Å². The molecule has 0 saturated carbocycles. The Hall–Kier alpha value is -7.85. The molecular formula is C77H101FN4O5.